The molecule has 0 aromatic carbocycles. The maximum atomic E-state index is 13.0. The molecule has 0 spiro atoms. The maximum absolute atomic E-state index is 13.0. The van der Waals surface area contributed by atoms with E-state index in [0.29, 0.717) is 0 Å². The lowest BCUT2D eigenvalue weighted by Gasteiger charge is -2.23. The maximum Gasteiger partial charge on any atom is 0.463 e. The van der Waals surface area contributed by atoms with Gasteiger partial charge in [0.05, 0.1) is 12.2 Å². The smallest absolute Gasteiger partial charge is 0.463 e. The van der Waals surface area contributed by atoms with Crippen LogP contribution in [0.1, 0.15) is 40.5 Å². The number of esters is 2. The standard InChI is InChI=1S/C14H20F5NO5/c1-7(2)24-10(21)6-5-9(11(22)25-8(3)4)20-12(23)13(15,16)14(17,18)19/h7-9H,5-6H2,1-4H3,(H,20,23)/t9-/m1/s1. The normalized spacial score (nSPS) is 13.6. The Bertz CT molecular complexity index is 490. The quantitative estimate of drug-likeness (QED) is 0.519. The van der Waals surface area contributed by atoms with Crippen molar-refractivity contribution in [3.63, 3.8) is 0 Å². The number of nitrogens with one attached hydrogen (secondary N) is 1. The van der Waals surface area contributed by atoms with Gasteiger partial charge < -0.3 is 14.8 Å². The summed E-state index contributed by atoms with van der Waals surface area (Å²) in [7, 11) is 0. The number of hydrogen-bond donors (Lipinski definition) is 1. The molecule has 1 atom stereocenters. The van der Waals surface area contributed by atoms with Gasteiger partial charge in [0.15, 0.2) is 0 Å². The summed E-state index contributed by atoms with van der Waals surface area (Å²) in [5.41, 5.74) is 0. The molecule has 25 heavy (non-hydrogen) atoms. The molecule has 11 heteroatoms. The van der Waals surface area contributed by atoms with Gasteiger partial charge in [0.25, 0.3) is 0 Å². The van der Waals surface area contributed by atoms with E-state index in [2.05, 4.69) is 0 Å². The van der Waals surface area contributed by atoms with Crippen molar-refractivity contribution in [2.75, 3.05) is 0 Å². The van der Waals surface area contributed by atoms with E-state index in [9.17, 15) is 36.3 Å². The van der Waals surface area contributed by atoms with Gasteiger partial charge in [-0.2, -0.15) is 22.0 Å². The highest BCUT2D eigenvalue weighted by Crippen LogP contribution is 2.35. The fraction of sp³-hybridized carbons (Fsp3) is 0.786. The molecule has 0 saturated carbocycles. The van der Waals surface area contributed by atoms with E-state index in [1.807, 2.05) is 0 Å². The summed E-state index contributed by atoms with van der Waals surface area (Å²) in [5.74, 6) is -10.4. The fourth-order valence-corrected chi connectivity index (χ4v) is 1.53. The lowest BCUT2D eigenvalue weighted by atomic mass is 10.1. The van der Waals surface area contributed by atoms with E-state index in [4.69, 9.17) is 9.47 Å². The van der Waals surface area contributed by atoms with Crippen molar-refractivity contribution in [2.45, 2.75) is 70.9 Å². The molecule has 146 valence electrons. The second-order valence-corrected chi connectivity index (χ2v) is 5.66. The van der Waals surface area contributed by atoms with Gasteiger partial charge in [-0.15, -0.1) is 0 Å². The first kappa shape index (κ1) is 23.1. The molecule has 0 heterocycles. The minimum absolute atomic E-state index is 0.488. The minimum atomic E-state index is -6.12. The molecular formula is C14H20F5NO5. The summed E-state index contributed by atoms with van der Waals surface area (Å²) >= 11 is 0. The summed E-state index contributed by atoms with van der Waals surface area (Å²) in [6.07, 6.45) is -8.37. The number of carbonyl (C=O) groups is 3. The summed E-state index contributed by atoms with van der Waals surface area (Å²) in [6.45, 7) is 5.89. The first-order chi connectivity index (χ1) is 11.2. The van der Waals surface area contributed by atoms with Crippen molar-refractivity contribution in [3.05, 3.63) is 0 Å². The molecule has 0 aliphatic rings. The average Bonchev–Trinajstić information content (AvgIpc) is 2.39. The summed E-state index contributed by atoms with van der Waals surface area (Å²) in [5, 5.41) is 1.29. The van der Waals surface area contributed by atoms with Gasteiger partial charge in [-0.1, -0.05) is 0 Å². The molecule has 0 bridgehead atoms. The van der Waals surface area contributed by atoms with Crippen LogP contribution in [0.3, 0.4) is 0 Å². The molecule has 0 saturated heterocycles. The second kappa shape index (κ2) is 8.95. The van der Waals surface area contributed by atoms with E-state index in [0.717, 1.165) is 0 Å². The van der Waals surface area contributed by atoms with Crippen LogP contribution in [0, 0.1) is 0 Å². The Kier molecular flexibility index (Phi) is 8.26. The number of ether oxygens (including phenoxy) is 2. The zero-order valence-corrected chi connectivity index (χ0v) is 14.1. The Hall–Kier alpha value is -1.94. The first-order valence-electron chi connectivity index (χ1n) is 7.34. The van der Waals surface area contributed by atoms with Crippen molar-refractivity contribution in [2.24, 2.45) is 0 Å². The van der Waals surface area contributed by atoms with Gasteiger partial charge in [-0.05, 0) is 34.1 Å². The van der Waals surface area contributed by atoms with Gasteiger partial charge >= 0.3 is 29.9 Å². The van der Waals surface area contributed by atoms with Crippen molar-refractivity contribution < 1.29 is 45.8 Å². The third kappa shape index (κ3) is 7.65. The second-order valence-electron chi connectivity index (χ2n) is 5.66. The van der Waals surface area contributed by atoms with E-state index in [-0.39, 0.29) is 0 Å². The molecule has 0 aromatic heterocycles. The fourth-order valence-electron chi connectivity index (χ4n) is 1.53. The molecule has 1 N–H and O–H groups in total. The molecule has 0 aliphatic carbocycles. The lowest BCUT2D eigenvalue weighted by Crippen LogP contribution is -2.55. The lowest BCUT2D eigenvalue weighted by molar-refractivity contribution is -0.270. The van der Waals surface area contributed by atoms with Crippen LogP contribution < -0.4 is 5.32 Å². The highest BCUT2D eigenvalue weighted by Gasteiger charge is 2.63. The van der Waals surface area contributed by atoms with Gasteiger partial charge in [0.1, 0.15) is 6.04 Å². The molecule has 1 amide bonds. The zero-order chi connectivity index (χ0) is 20.0. The predicted molar refractivity (Wildman–Crippen MR) is 74.6 cm³/mol. The van der Waals surface area contributed by atoms with E-state index >= 15 is 0 Å². The first-order valence-corrected chi connectivity index (χ1v) is 7.34. The summed E-state index contributed by atoms with van der Waals surface area (Å²) in [6, 6.07) is -1.86. The van der Waals surface area contributed by atoms with Crippen LogP contribution >= 0.6 is 0 Å². The Morgan fingerprint density at radius 3 is 1.80 bits per heavy atom. The van der Waals surface area contributed by atoms with Crippen LogP contribution in [-0.4, -0.2) is 48.2 Å². The number of alkyl halides is 5. The number of halogens is 5. The average molecular weight is 377 g/mol. The third-order valence-corrected chi connectivity index (χ3v) is 2.59. The summed E-state index contributed by atoms with van der Waals surface area (Å²) in [4.78, 5) is 34.4. The molecule has 0 rings (SSSR count). The van der Waals surface area contributed by atoms with Crippen molar-refractivity contribution in [1.82, 2.24) is 5.32 Å². The van der Waals surface area contributed by atoms with E-state index < -0.39 is 61.0 Å². The van der Waals surface area contributed by atoms with Crippen LogP contribution in [-0.2, 0) is 23.9 Å². The number of amides is 1. The molecule has 0 aliphatic heterocycles. The minimum Gasteiger partial charge on any atom is -0.463 e. The Morgan fingerprint density at radius 2 is 1.40 bits per heavy atom. The highest BCUT2D eigenvalue weighted by molar-refractivity contribution is 5.89. The summed E-state index contributed by atoms with van der Waals surface area (Å²) < 4.78 is 72.1. The van der Waals surface area contributed by atoms with Crippen LogP contribution in [0.4, 0.5) is 22.0 Å². The Labute approximate surface area is 141 Å². The molecule has 0 unspecified atom stereocenters. The Morgan fingerprint density at radius 1 is 0.920 bits per heavy atom. The number of hydrogen-bond acceptors (Lipinski definition) is 5. The molecule has 0 radical (unpaired) electrons. The molecule has 6 nitrogen and oxygen atoms in total. The molecule has 0 aromatic rings. The van der Waals surface area contributed by atoms with Crippen molar-refractivity contribution in [3.8, 4) is 0 Å². The van der Waals surface area contributed by atoms with Crippen molar-refractivity contribution in [1.29, 1.82) is 0 Å². The van der Waals surface area contributed by atoms with E-state index in [1.165, 1.54) is 33.0 Å². The van der Waals surface area contributed by atoms with Crippen LogP contribution in [0.15, 0.2) is 0 Å². The van der Waals surface area contributed by atoms with Gasteiger partial charge in [-0.3, -0.25) is 9.59 Å². The van der Waals surface area contributed by atoms with Gasteiger partial charge in [-0.25, -0.2) is 4.79 Å². The Balaban J connectivity index is 5.11. The van der Waals surface area contributed by atoms with Crippen LogP contribution in [0.5, 0.6) is 0 Å². The molecule has 0 fully saturated rings. The number of carbonyl (C=O) groups excluding carboxylic acids is 3. The topological polar surface area (TPSA) is 81.7 Å². The van der Waals surface area contributed by atoms with Gasteiger partial charge in [0.2, 0.25) is 0 Å². The third-order valence-electron chi connectivity index (χ3n) is 2.59. The molecular weight excluding hydrogens is 357 g/mol. The van der Waals surface area contributed by atoms with Gasteiger partial charge in [0, 0.05) is 6.42 Å². The SMILES string of the molecule is CC(C)OC(=O)CC[C@@H](NC(=O)C(F)(F)C(F)(F)F)C(=O)OC(C)C. The monoisotopic (exact) mass is 377 g/mol. The number of rotatable bonds is 8. The highest BCUT2D eigenvalue weighted by atomic mass is 19.4. The largest absolute Gasteiger partial charge is 0.463 e. The zero-order valence-electron chi connectivity index (χ0n) is 14.1. The van der Waals surface area contributed by atoms with E-state index in [1.54, 1.807) is 0 Å². The van der Waals surface area contributed by atoms with Crippen molar-refractivity contribution >= 4 is 17.8 Å². The van der Waals surface area contributed by atoms with Crippen LogP contribution in [0.25, 0.3) is 0 Å². The predicted octanol–water partition coefficient (Wildman–Crippen LogP) is 2.35. The van der Waals surface area contributed by atoms with Crippen LogP contribution in [0.2, 0.25) is 0 Å².